The second kappa shape index (κ2) is 8.02. The molecular weight excluding hydrogens is 389 g/mol. The highest BCUT2D eigenvalue weighted by Crippen LogP contribution is 2.31. The Bertz CT molecular complexity index is 1120. The molecule has 154 valence electrons. The lowest BCUT2D eigenvalue weighted by molar-refractivity contribution is -0.153. The van der Waals surface area contributed by atoms with Crippen LogP contribution < -0.4 is 9.47 Å². The van der Waals surface area contributed by atoms with Crippen LogP contribution in [0.15, 0.2) is 54.6 Å². The number of carbonyl (C=O) groups excluding carboxylic acids is 2. The molecule has 0 unspecified atom stereocenters. The van der Waals surface area contributed by atoms with Crippen LogP contribution in [0.4, 0.5) is 4.39 Å². The van der Waals surface area contributed by atoms with Crippen LogP contribution in [0.3, 0.4) is 0 Å². The summed E-state index contributed by atoms with van der Waals surface area (Å²) in [5.74, 6) is -0.444. The van der Waals surface area contributed by atoms with Crippen LogP contribution >= 0.6 is 0 Å². The van der Waals surface area contributed by atoms with Crippen LogP contribution in [-0.4, -0.2) is 35.6 Å². The molecule has 7 heteroatoms. The molecule has 1 atom stereocenters. The van der Waals surface area contributed by atoms with Gasteiger partial charge in [0.15, 0.2) is 18.1 Å². The van der Waals surface area contributed by atoms with Crippen molar-refractivity contribution in [1.29, 1.82) is 0 Å². The topological polar surface area (TPSA) is 66.8 Å². The summed E-state index contributed by atoms with van der Waals surface area (Å²) in [4.78, 5) is 25.0. The van der Waals surface area contributed by atoms with Crippen LogP contribution in [0.25, 0.3) is 5.69 Å². The van der Waals surface area contributed by atoms with Crippen LogP contribution in [-0.2, 0) is 9.53 Å². The van der Waals surface area contributed by atoms with E-state index in [1.807, 2.05) is 0 Å². The minimum absolute atomic E-state index is 0.00579. The van der Waals surface area contributed by atoms with E-state index >= 15 is 0 Å². The van der Waals surface area contributed by atoms with Gasteiger partial charge < -0.3 is 18.8 Å². The van der Waals surface area contributed by atoms with Crippen molar-refractivity contribution >= 4 is 11.8 Å². The summed E-state index contributed by atoms with van der Waals surface area (Å²) in [6.45, 7) is 3.07. The molecule has 6 nitrogen and oxygen atoms in total. The maximum absolute atomic E-state index is 14.2. The van der Waals surface area contributed by atoms with Gasteiger partial charge in [-0.05, 0) is 44.2 Å². The predicted octanol–water partition coefficient (Wildman–Crippen LogP) is 3.80. The maximum Gasteiger partial charge on any atom is 0.351 e. The van der Waals surface area contributed by atoms with Crippen molar-refractivity contribution in [3.63, 3.8) is 0 Å². The first-order chi connectivity index (χ1) is 14.5. The first-order valence-electron chi connectivity index (χ1n) is 9.48. The summed E-state index contributed by atoms with van der Waals surface area (Å²) in [6, 6.07) is 15.0. The number of nitrogens with zero attached hydrogens (tertiary/aromatic N) is 1. The Balaban J connectivity index is 1.44. The second-order valence-corrected chi connectivity index (χ2v) is 6.97. The van der Waals surface area contributed by atoms with Crippen molar-refractivity contribution in [1.82, 2.24) is 4.57 Å². The smallest absolute Gasteiger partial charge is 0.351 e. The SMILES string of the molecule is Cc1cc(C(=O)COC(=O)[C@H]2COc3ccccc3O2)c(C)n1-c1ccccc1F. The van der Waals surface area contributed by atoms with Crippen LogP contribution in [0.2, 0.25) is 0 Å². The lowest BCUT2D eigenvalue weighted by Crippen LogP contribution is -2.38. The van der Waals surface area contributed by atoms with E-state index in [0.717, 1.165) is 0 Å². The third-order valence-corrected chi connectivity index (χ3v) is 4.94. The highest BCUT2D eigenvalue weighted by Gasteiger charge is 2.29. The molecular formula is C23H20FNO5. The highest BCUT2D eigenvalue weighted by molar-refractivity contribution is 5.99. The molecule has 0 fully saturated rings. The molecule has 0 aliphatic carbocycles. The van der Waals surface area contributed by atoms with Crippen LogP contribution in [0.5, 0.6) is 11.5 Å². The zero-order chi connectivity index (χ0) is 21.3. The summed E-state index contributed by atoms with van der Waals surface area (Å²) in [5, 5.41) is 0. The van der Waals surface area contributed by atoms with E-state index in [0.29, 0.717) is 34.1 Å². The number of esters is 1. The molecule has 0 saturated carbocycles. The average molecular weight is 409 g/mol. The van der Waals surface area contributed by atoms with E-state index in [4.69, 9.17) is 14.2 Å². The fourth-order valence-corrected chi connectivity index (χ4v) is 3.49. The Kier molecular flexibility index (Phi) is 5.27. The quantitative estimate of drug-likeness (QED) is 0.474. The van der Waals surface area contributed by atoms with Crippen LogP contribution in [0, 0.1) is 19.7 Å². The Morgan fingerprint density at radius 1 is 1.10 bits per heavy atom. The summed E-state index contributed by atoms with van der Waals surface area (Å²) in [7, 11) is 0. The molecule has 30 heavy (non-hydrogen) atoms. The molecule has 4 rings (SSSR count). The number of para-hydroxylation sites is 3. The number of aromatic nitrogens is 1. The summed E-state index contributed by atoms with van der Waals surface area (Å²) < 4.78 is 32.1. The average Bonchev–Trinajstić information content (AvgIpc) is 3.05. The predicted molar refractivity (Wildman–Crippen MR) is 107 cm³/mol. The number of fused-ring (bicyclic) bond motifs is 1. The fraction of sp³-hybridized carbons (Fsp3) is 0.217. The fourth-order valence-electron chi connectivity index (χ4n) is 3.49. The van der Waals surface area contributed by atoms with Gasteiger partial charge in [0.2, 0.25) is 11.9 Å². The van der Waals surface area contributed by atoms with Gasteiger partial charge in [-0.15, -0.1) is 0 Å². The Morgan fingerprint density at radius 3 is 2.57 bits per heavy atom. The number of Topliss-reactive ketones (excluding diaryl/α,β-unsaturated/α-hetero) is 1. The highest BCUT2D eigenvalue weighted by atomic mass is 19.1. The van der Waals surface area contributed by atoms with Gasteiger partial charge in [0.25, 0.3) is 0 Å². The van der Waals surface area contributed by atoms with E-state index < -0.39 is 18.7 Å². The van der Waals surface area contributed by atoms with E-state index in [1.165, 1.54) is 6.07 Å². The molecule has 1 aromatic heterocycles. The monoisotopic (exact) mass is 409 g/mol. The van der Waals surface area contributed by atoms with Crippen molar-refractivity contribution in [2.24, 2.45) is 0 Å². The second-order valence-electron chi connectivity index (χ2n) is 6.97. The third-order valence-electron chi connectivity index (χ3n) is 4.94. The molecule has 0 N–H and O–H groups in total. The minimum atomic E-state index is -0.946. The molecule has 0 radical (unpaired) electrons. The van der Waals surface area contributed by atoms with E-state index in [2.05, 4.69) is 0 Å². The van der Waals surface area contributed by atoms with Gasteiger partial charge in [0.05, 0.1) is 5.69 Å². The molecule has 1 aliphatic heterocycles. The number of carbonyl (C=O) groups is 2. The first kappa shape index (κ1) is 19.7. The van der Waals surface area contributed by atoms with Gasteiger partial charge in [0.1, 0.15) is 12.4 Å². The van der Waals surface area contributed by atoms with Gasteiger partial charge in [0, 0.05) is 17.0 Å². The lowest BCUT2D eigenvalue weighted by atomic mass is 10.1. The molecule has 0 saturated heterocycles. The third kappa shape index (κ3) is 3.66. The zero-order valence-corrected chi connectivity index (χ0v) is 16.6. The van der Waals surface area contributed by atoms with Crippen molar-refractivity contribution in [3.8, 4) is 17.2 Å². The Labute approximate surface area is 172 Å². The number of ether oxygens (including phenoxy) is 3. The maximum atomic E-state index is 14.2. The molecule has 2 aromatic carbocycles. The summed E-state index contributed by atoms with van der Waals surface area (Å²) >= 11 is 0. The minimum Gasteiger partial charge on any atom is -0.485 e. The molecule has 2 heterocycles. The van der Waals surface area contributed by atoms with Gasteiger partial charge in [-0.2, -0.15) is 0 Å². The largest absolute Gasteiger partial charge is 0.485 e. The molecule has 0 spiro atoms. The number of benzene rings is 2. The number of aryl methyl sites for hydroxylation is 1. The van der Waals surface area contributed by atoms with E-state index in [-0.39, 0.29) is 18.2 Å². The van der Waals surface area contributed by atoms with Crippen molar-refractivity contribution in [2.75, 3.05) is 13.2 Å². The van der Waals surface area contributed by atoms with Gasteiger partial charge in [-0.1, -0.05) is 24.3 Å². The number of hydrogen-bond donors (Lipinski definition) is 0. The standard InChI is InChI=1S/C23H20FNO5/c1-14-11-16(15(2)25(14)18-8-4-3-7-17(18)24)19(26)12-29-23(27)22-13-28-20-9-5-6-10-21(20)30-22/h3-11,22H,12-13H2,1-2H3/t22-/m1/s1. The molecule has 0 amide bonds. The normalized spacial score (nSPS) is 15.0. The van der Waals surface area contributed by atoms with Crippen molar-refractivity contribution < 1.29 is 28.2 Å². The number of halogens is 1. The number of hydrogen-bond acceptors (Lipinski definition) is 5. The van der Waals surface area contributed by atoms with Gasteiger partial charge in [-0.25, -0.2) is 9.18 Å². The number of ketones is 1. The summed E-state index contributed by atoms with van der Waals surface area (Å²) in [5.41, 5.74) is 2.00. The van der Waals surface area contributed by atoms with Crippen molar-refractivity contribution in [3.05, 3.63) is 77.4 Å². The van der Waals surface area contributed by atoms with E-state index in [9.17, 15) is 14.0 Å². The molecule has 0 bridgehead atoms. The van der Waals surface area contributed by atoms with Gasteiger partial charge >= 0.3 is 5.97 Å². The Hall–Kier alpha value is -3.61. The van der Waals surface area contributed by atoms with Crippen molar-refractivity contribution in [2.45, 2.75) is 20.0 Å². The van der Waals surface area contributed by atoms with Gasteiger partial charge in [-0.3, -0.25) is 4.79 Å². The Morgan fingerprint density at radius 2 is 1.80 bits per heavy atom. The zero-order valence-electron chi connectivity index (χ0n) is 16.6. The number of rotatable bonds is 5. The van der Waals surface area contributed by atoms with E-state index in [1.54, 1.807) is 66.9 Å². The first-order valence-corrected chi connectivity index (χ1v) is 9.48. The summed E-state index contributed by atoms with van der Waals surface area (Å²) in [6.07, 6.45) is -0.946. The lowest BCUT2D eigenvalue weighted by Gasteiger charge is -2.24. The molecule has 1 aliphatic rings. The molecule has 3 aromatic rings. The van der Waals surface area contributed by atoms with Crippen LogP contribution in [0.1, 0.15) is 21.7 Å².